The predicted octanol–water partition coefficient (Wildman–Crippen LogP) is 2.15. The van der Waals surface area contributed by atoms with Crippen molar-refractivity contribution in [3.05, 3.63) is 29.0 Å². The summed E-state index contributed by atoms with van der Waals surface area (Å²) in [5, 5.41) is -0.0797. The SMILES string of the molecule is COC(=O)CCS(=O)c1ccc(F)c(Cl)c1. The van der Waals surface area contributed by atoms with Crippen LogP contribution in [0.1, 0.15) is 6.42 Å². The number of carbonyl (C=O) groups is 1. The molecule has 3 nitrogen and oxygen atoms in total. The lowest BCUT2D eigenvalue weighted by molar-refractivity contribution is -0.140. The third-order valence-electron chi connectivity index (χ3n) is 1.87. The van der Waals surface area contributed by atoms with E-state index < -0.39 is 22.6 Å². The summed E-state index contributed by atoms with van der Waals surface area (Å²) in [6.45, 7) is 0. The van der Waals surface area contributed by atoms with Gasteiger partial charge in [0.25, 0.3) is 0 Å². The van der Waals surface area contributed by atoms with Gasteiger partial charge in [0.1, 0.15) is 5.82 Å². The smallest absolute Gasteiger partial charge is 0.306 e. The van der Waals surface area contributed by atoms with Gasteiger partial charge in [-0.1, -0.05) is 11.6 Å². The molecule has 0 aromatic heterocycles. The van der Waals surface area contributed by atoms with E-state index in [9.17, 15) is 13.4 Å². The summed E-state index contributed by atoms with van der Waals surface area (Å²) in [7, 11) is -0.112. The first-order valence-electron chi connectivity index (χ1n) is 4.45. The normalized spacial score (nSPS) is 12.2. The molecule has 0 aliphatic heterocycles. The fraction of sp³-hybridized carbons (Fsp3) is 0.300. The zero-order chi connectivity index (χ0) is 12.1. The van der Waals surface area contributed by atoms with Crippen molar-refractivity contribution in [1.29, 1.82) is 0 Å². The molecular formula is C10H10ClFO3S. The number of hydrogen-bond acceptors (Lipinski definition) is 3. The van der Waals surface area contributed by atoms with Crippen LogP contribution in [0.4, 0.5) is 4.39 Å². The fourth-order valence-electron chi connectivity index (χ4n) is 1.01. The lowest BCUT2D eigenvalue weighted by atomic mass is 10.3. The van der Waals surface area contributed by atoms with E-state index in [0.717, 1.165) is 6.07 Å². The van der Waals surface area contributed by atoms with Crippen molar-refractivity contribution in [2.24, 2.45) is 0 Å². The number of carbonyl (C=O) groups excluding carboxylic acids is 1. The van der Waals surface area contributed by atoms with Crippen LogP contribution in [0, 0.1) is 5.82 Å². The van der Waals surface area contributed by atoms with Crippen molar-refractivity contribution >= 4 is 28.4 Å². The Hall–Kier alpha value is -0.940. The van der Waals surface area contributed by atoms with Crippen LogP contribution in [0.2, 0.25) is 5.02 Å². The lowest BCUT2D eigenvalue weighted by Gasteiger charge is -2.02. The summed E-state index contributed by atoms with van der Waals surface area (Å²) in [4.78, 5) is 11.2. The molecule has 0 aliphatic rings. The van der Waals surface area contributed by atoms with Crippen molar-refractivity contribution in [2.75, 3.05) is 12.9 Å². The number of hydrogen-bond donors (Lipinski definition) is 0. The first-order chi connectivity index (χ1) is 7.54. The van der Waals surface area contributed by atoms with E-state index in [-0.39, 0.29) is 17.2 Å². The molecule has 88 valence electrons. The summed E-state index contributed by atoms with van der Waals surface area (Å²) in [5.41, 5.74) is 0. The summed E-state index contributed by atoms with van der Waals surface area (Å²) < 4.78 is 28.9. The average molecular weight is 265 g/mol. The van der Waals surface area contributed by atoms with Gasteiger partial charge in [0.05, 0.1) is 29.4 Å². The van der Waals surface area contributed by atoms with E-state index in [1.807, 2.05) is 0 Å². The van der Waals surface area contributed by atoms with Crippen LogP contribution in [-0.2, 0) is 20.3 Å². The van der Waals surface area contributed by atoms with Gasteiger partial charge in [-0.2, -0.15) is 0 Å². The molecule has 0 spiro atoms. The molecule has 1 aromatic rings. The molecule has 0 radical (unpaired) electrons. The lowest BCUT2D eigenvalue weighted by Crippen LogP contribution is -2.07. The molecule has 0 N–H and O–H groups in total. The van der Waals surface area contributed by atoms with Gasteiger partial charge in [-0.15, -0.1) is 0 Å². The van der Waals surface area contributed by atoms with Crippen LogP contribution < -0.4 is 0 Å². The minimum atomic E-state index is -1.38. The number of esters is 1. The molecule has 0 saturated heterocycles. The highest BCUT2D eigenvalue weighted by atomic mass is 35.5. The molecule has 1 rings (SSSR count). The third kappa shape index (κ3) is 3.57. The molecular weight excluding hydrogens is 255 g/mol. The molecule has 1 unspecified atom stereocenters. The van der Waals surface area contributed by atoms with Gasteiger partial charge < -0.3 is 4.74 Å². The van der Waals surface area contributed by atoms with Crippen LogP contribution >= 0.6 is 11.6 Å². The van der Waals surface area contributed by atoms with E-state index in [1.54, 1.807) is 0 Å². The van der Waals surface area contributed by atoms with Gasteiger partial charge >= 0.3 is 5.97 Å². The molecule has 1 atom stereocenters. The monoisotopic (exact) mass is 264 g/mol. The molecule has 0 fully saturated rings. The Morgan fingerprint density at radius 1 is 1.56 bits per heavy atom. The molecule has 0 aliphatic carbocycles. The maximum atomic E-state index is 12.8. The number of ether oxygens (including phenoxy) is 1. The Bertz CT molecular complexity index is 423. The van der Waals surface area contributed by atoms with Crippen molar-refractivity contribution in [2.45, 2.75) is 11.3 Å². The molecule has 0 amide bonds. The Morgan fingerprint density at radius 3 is 2.81 bits per heavy atom. The molecule has 16 heavy (non-hydrogen) atoms. The second kappa shape index (κ2) is 5.96. The number of halogens is 2. The predicted molar refractivity (Wildman–Crippen MR) is 59.3 cm³/mol. The first-order valence-corrected chi connectivity index (χ1v) is 6.14. The molecule has 0 heterocycles. The summed E-state index contributed by atoms with van der Waals surface area (Å²) >= 11 is 5.55. The van der Waals surface area contributed by atoms with Crippen molar-refractivity contribution in [3.8, 4) is 0 Å². The summed E-state index contributed by atoms with van der Waals surface area (Å²) in [5.74, 6) is -0.855. The average Bonchev–Trinajstić information content (AvgIpc) is 2.29. The van der Waals surface area contributed by atoms with E-state index >= 15 is 0 Å². The van der Waals surface area contributed by atoms with Crippen molar-refractivity contribution < 1.29 is 18.1 Å². The first kappa shape index (κ1) is 13.1. The largest absolute Gasteiger partial charge is 0.469 e. The van der Waals surface area contributed by atoms with Crippen LogP contribution in [0.3, 0.4) is 0 Å². The second-order valence-corrected chi connectivity index (χ2v) is 4.93. The van der Waals surface area contributed by atoms with Gasteiger partial charge in [0.15, 0.2) is 0 Å². The van der Waals surface area contributed by atoms with Crippen molar-refractivity contribution in [3.63, 3.8) is 0 Å². The number of benzene rings is 1. The Labute approximate surface area is 100 Å². The second-order valence-electron chi connectivity index (χ2n) is 2.95. The van der Waals surface area contributed by atoms with Gasteiger partial charge in [-0.3, -0.25) is 9.00 Å². The topological polar surface area (TPSA) is 43.4 Å². The summed E-state index contributed by atoms with van der Waals surface area (Å²) in [6.07, 6.45) is 0.0537. The van der Waals surface area contributed by atoms with Gasteiger partial charge in [-0.25, -0.2) is 4.39 Å². The molecule has 0 bridgehead atoms. The van der Waals surface area contributed by atoms with E-state index in [4.69, 9.17) is 11.6 Å². The molecule has 6 heteroatoms. The zero-order valence-electron chi connectivity index (χ0n) is 8.54. The van der Waals surface area contributed by atoms with E-state index in [2.05, 4.69) is 4.74 Å². The standard InChI is InChI=1S/C10H10ClFO3S/c1-15-10(13)4-5-16(14)7-2-3-9(12)8(11)6-7/h2-3,6H,4-5H2,1H3. The van der Waals surface area contributed by atoms with E-state index in [0.29, 0.717) is 4.90 Å². The van der Waals surface area contributed by atoms with Crippen molar-refractivity contribution in [1.82, 2.24) is 0 Å². The highest BCUT2D eigenvalue weighted by Crippen LogP contribution is 2.18. The Morgan fingerprint density at radius 2 is 2.25 bits per heavy atom. The van der Waals surface area contributed by atoms with Crippen LogP contribution in [-0.4, -0.2) is 23.0 Å². The fourth-order valence-corrected chi connectivity index (χ4v) is 2.32. The number of rotatable bonds is 4. The van der Waals surface area contributed by atoms with Gasteiger partial charge in [0.2, 0.25) is 0 Å². The zero-order valence-corrected chi connectivity index (χ0v) is 10.1. The highest BCUT2D eigenvalue weighted by Gasteiger charge is 2.09. The Balaban J connectivity index is 2.66. The Kier molecular flexibility index (Phi) is 4.89. The molecule has 1 aromatic carbocycles. The maximum absolute atomic E-state index is 12.8. The minimum absolute atomic E-state index is 0.0537. The quantitative estimate of drug-likeness (QED) is 0.783. The van der Waals surface area contributed by atoms with E-state index in [1.165, 1.54) is 19.2 Å². The third-order valence-corrected chi connectivity index (χ3v) is 3.52. The molecule has 0 saturated carbocycles. The van der Waals surface area contributed by atoms with Gasteiger partial charge in [-0.05, 0) is 18.2 Å². The van der Waals surface area contributed by atoms with Crippen LogP contribution in [0.15, 0.2) is 23.1 Å². The number of methoxy groups -OCH3 is 1. The minimum Gasteiger partial charge on any atom is -0.469 e. The van der Waals surface area contributed by atoms with Crippen LogP contribution in [0.25, 0.3) is 0 Å². The summed E-state index contributed by atoms with van der Waals surface area (Å²) in [6, 6.07) is 3.83. The maximum Gasteiger partial charge on any atom is 0.306 e. The highest BCUT2D eigenvalue weighted by molar-refractivity contribution is 7.85. The van der Waals surface area contributed by atoms with Gasteiger partial charge in [0, 0.05) is 10.6 Å². The van der Waals surface area contributed by atoms with Crippen LogP contribution in [0.5, 0.6) is 0 Å².